The summed E-state index contributed by atoms with van der Waals surface area (Å²) in [6.45, 7) is 8.44. The topological polar surface area (TPSA) is 69.0 Å². The van der Waals surface area contributed by atoms with Gasteiger partial charge >= 0.3 is 0 Å². The van der Waals surface area contributed by atoms with Crippen LogP contribution in [0.5, 0.6) is 0 Å². The molecule has 140 valence electrons. The predicted octanol–water partition coefficient (Wildman–Crippen LogP) is 3.52. The van der Waals surface area contributed by atoms with Gasteiger partial charge in [-0.1, -0.05) is 17.7 Å². The molecular weight excluding hydrogens is 336 g/mol. The van der Waals surface area contributed by atoms with E-state index in [0.717, 1.165) is 48.4 Å². The summed E-state index contributed by atoms with van der Waals surface area (Å²) in [4.78, 5) is 19.2. The molecule has 0 bridgehead atoms. The summed E-state index contributed by atoms with van der Waals surface area (Å²) in [5.41, 5.74) is 4.65. The first-order chi connectivity index (χ1) is 13.0. The van der Waals surface area contributed by atoms with Crippen LogP contribution in [0.15, 0.2) is 30.5 Å². The first kappa shape index (κ1) is 18.9. The fraction of sp³-hybridized carbons (Fsp3) is 0.409. The van der Waals surface area contributed by atoms with E-state index < -0.39 is 0 Å². The molecule has 1 amide bonds. The van der Waals surface area contributed by atoms with Crippen LogP contribution in [0.4, 0.5) is 5.82 Å². The zero-order valence-electron chi connectivity index (χ0n) is 16.2. The highest BCUT2D eigenvalue weighted by molar-refractivity contribution is 5.97. The minimum atomic E-state index is 0.0175. The first-order valence-corrected chi connectivity index (χ1v) is 9.45. The minimum Gasteiger partial charge on any atom is -0.356 e. The standard InChI is InChI=1S/C22H26N4O/c1-15-11-16(2)20(17(3)12-15)22(27)25-14-18-6-9-26(10-7-18)21-19(13-23)5-4-8-24-21/h4-5,8,11-12,18H,6-7,9-10,14H2,1-3H3,(H,25,27). The number of hydrogen-bond donors (Lipinski definition) is 1. The Balaban J connectivity index is 1.56. The third-order valence-electron chi connectivity index (χ3n) is 5.28. The number of amides is 1. The Morgan fingerprint density at radius 2 is 1.93 bits per heavy atom. The van der Waals surface area contributed by atoms with E-state index in [4.69, 9.17) is 0 Å². The smallest absolute Gasteiger partial charge is 0.251 e. The Hall–Kier alpha value is -2.87. The van der Waals surface area contributed by atoms with Gasteiger partial charge in [-0.2, -0.15) is 5.26 Å². The van der Waals surface area contributed by atoms with Crippen LogP contribution in [0.2, 0.25) is 0 Å². The van der Waals surface area contributed by atoms with Gasteiger partial charge in [0.05, 0.1) is 5.56 Å². The maximum atomic E-state index is 12.6. The second-order valence-corrected chi connectivity index (χ2v) is 7.40. The van der Waals surface area contributed by atoms with E-state index in [1.807, 2.05) is 13.8 Å². The van der Waals surface area contributed by atoms with E-state index in [9.17, 15) is 10.1 Å². The lowest BCUT2D eigenvalue weighted by Crippen LogP contribution is -2.39. The lowest BCUT2D eigenvalue weighted by molar-refractivity contribution is 0.0943. The molecule has 1 aromatic heterocycles. The van der Waals surface area contributed by atoms with Crippen LogP contribution in [0, 0.1) is 38.0 Å². The highest BCUT2D eigenvalue weighted by Crippen LogP contribution is 2.24. The molecular formula is C22H26N4O. The zero-order valence-corrected chi connectivity index (χ0v) is 16.2. The van der Waals surface area contributed by atoms with Gasteiger partial charge in [0.15, 0.2) is 0 Å². The van der Waals surface area contributed by atoms with Crippen molar-refractivity contribution in [1.29, 1.82) is 5.26 Å². The van der Waals surface area contributed by atoms with Crippen molar-refractivity contribution in [2.45, 2.75) is 33.6 Å². The lowest BCUT2D eigenvalue weighted by atomic mass is 9.95. The van der Waals surface area contributed by atoms with Crippen LogP contribution >= 0.6 is 0 Å². The molecule has 0 atom stereocenters. The summed E-state index contributed by atoms with van der Waals surface area (Å²) >= 11 is 0. The van der Waals surface area contributed by atoms with Crippen LogP contribution in [-0.4, -0.2) is 30.5 Å². The van der Waals surface area contributed by atoms with Gasteiger partial charge < -0.3 is 10.2 Å². The van der Waals surface area contributed by atoms with Crippen LogP contribution in [0.1, 0.15) is 45.5 Å². The van der Waals surface area contributed by atoms with Gasteiger partial charge in [0, 0.05) is 31.4 Å². The molecule has 5 nitrogen and oxygen atoms in total. The monoisotopic (exact) mass is 362 g/mol. The van der Waals surface area contributed by atoms with E-state index in [1.165, 1.54) is 5.56 Å². The van der Waals surface area contributed by atoms with Crippen molar-refractivity contribution < 1.29 is 4.79 Å². The number of nitriles is 1. The zero-order chi connectivity index (χ0) is 19.4. The van der Waals surface area contributed by atoms with Crippen molar-refractivity contribution in [2.24, 2.45) is 5.92 Å². The number of piperidine rings is 1. The molecule has 5 heteroatoms. The fourth-order valence-electron chi connectivity index (χ4n) is 3.95. The Bertz CT molecular complexity index is 853. The van der Waals surface area contributed by atoms with Crippen molar-refractivity contribution in [3.05, 3.63) is 58.3 Å². The number of carbonyl (C=O) groups is 1. The molecule has 0 unspecified atom stereocenters. The van der Waals surface area contributed by atoms with Gasteiger partial charge in [-0.3, -0.25) is 4.79 Å². The maximum Gasteiger partial charge on any atom is 0.251 e. The molecule has 0 spiro atoms. The Labute approximate surface area is 161 Å². The summed E-state index contributed by atoms with van der Waals surface area (Å²) in [5, 5.41) is 12.4. The third-order valence-corrected chi connectivity index (χ3v) is 5.28. The number of carbonyl (C=O) groups excluding carboxylic acids is 1. The lowest BCUT2D eigenvalue weighted by Gasteiger charge is -2.33. The molecule has 0 aliphatic carbocycles. The van der Waals surface area contributed by atoms with Gasteiger partial charge in [0.1, 0.15) is 11.9 Å². The molecule has 1 aliphatic heterocycles. The summed E-state index contributed by atoms with van der Waals surface area (Å²) in [6, 6.07) is 9.92. The van der Waals surface area contributed by atoms with Crippen molar-refractivity contribution in [1.82, 2.24) is 10.3 Å². The molecule has 0 radical (unpaired) electrons. The largest absolute Gasteiger partial charge is 0.356 e. The Kier molecular flexibility index (Phi) is 5.75. The number of pyridine rings is 1. The summed E-state index contributed by atoms with van der Waals surface area (Å²) in [6.07, 6.45) is 3.69. The Morgan fingerprint density at radius 1 is 1.26 bits per heavy atom. The number of benzene rings is 1. The van der Waals surface area contributed by atoms with Gasteiger partial charge in [-0.25, -0.2) is 4.98 Å². The average molecular weight is 362 g/mol. The molecule has 27 heavy (non-hydrogen) atoms. The van der Waals surface area contributed by atoms with Crippen molar-refractivity contribution in [2.75, 3.05) is 24.5 Å². The number of nitrogens with one attached hydrogen (secondary N) is 1. The predicted molar refractivity (Wildman–Crippen MR) is 107 cm³/mol. The molecule has 0 saturated carbocycles. The third kappa shape index (κ3) is 4.28. The second-order valence-electron chi connectivity index (χ2n) is 7.40. The van der Waals surface area contributed by atoms with Crippen molar-refractivity contribution in [3.8, 4) is 6.07 Å². The highest BCUT2D eigenvalue weighted by Gasteiger charge is 2.23. The highest BCUT2D eigenvalue weighted by atomic mass is 16.1. The quantitative estimate of drug-likeness (QED) is 0.903. The summed E-state index contributed by atoms with van der Waals surface area (Å²) < 4.78 is 0. The van der Waals surface area contributed by atoms with E-state index in [-0.39, 0.29) is 5.91 Å². The van der Waals surface area contributed by atoms with Gasteiger partial charge in [-0.15, -0.1) is 0 Å². The van der Waals surface area contributed by atoms with Gasteiger partial charge in [-0.05, 0) is 62.8 Å². The van der Waals surface area contributed by atoms with Crippen LogP contribution in [-0.2, 0) is 0 Å². The number of anilines is 1. The fourth-order valence-corrected chi connectivity index (χ4v) is 3.95. The number of rotatable bonds is 4. The van der Waals surface area contributed by atoms with Crippen LogP contribution in [0.3, 0.4) is 0 Å². The number of nitrogens with zero attached hydrogens (tertiary/aromatic N) is 3. The van der Waals surface area contributed by atoms with Gasteiger partial charge in [0.25, 0.3) is 5.91 Å². The minimum absolute atomic E-state index is 0.0175. The molecule has 1 aliphatic rings. The molecule has 1 N–H and O–H groups in total. The van der Waals surface area contributed by atoms with E-state index in [0.29, 0.717) is 18.0 Å². The van der Waals surface area contributed by atoms with Crippen molar-refractivity contribution >= 4 is 11.7 Å². The van der Waals surface area contributed by atoms with Crippen LogP contribution in [0.25, 0.3) is 0 Å². The van der Waals surface area contributed by atoms with E-state index in [1.54, 1.807) is 18.3 Å². The summed E-state index contributed by atoms with van der Waals surface area (Å²) in [7, 11) is 0. The summed E-state index contributed by atoms with van der Waals surface area (Å²) in [5.74, 6) is 1.24. The van der Waals surface area contributed by atoms with E-state index in [2.05, 4.69) is 40.3 Å². The van der Waals surface area contributed by atoms with Crippen LogP contribution < -0.4 is 10.2 Å². The number of aromatic nitrogens is 1. The van der Waals surface area contributed by atoms with Crippen molar-refractivity contribution in [3.63, 3.8) is 0 Å². The SMILES string of the molecule is Cc1cc(C)c(C(=O)NCC2CCN(c3ncccc3C#N)CC2)c(C)c1. The second kappa shape index (κ2) is 8.22. The molecule has 1 aromatic carbocycles. The number of aryl methyl sites for hydroxylation is 3. The molecule has 2 aromatic rings. The Morgan fingerprint density at radius 3 is 2.56 bits per heavy atom. The normalized spacial score (nSPS) is 14.7. The average Bonchev–Trinajstić information content (AvgIpc) is 2.66. The number of hydrogen-bond acceptors (Lipinski definition) is 4. The molecule has 3 rings (SSSR count). The first-order valence-electron chi connectivity index (χ1n) is 9.45. The molecule has 1 saturated heterocycles. The maximum absolute atomic E-state index is 12.6. The van der Waals surface area contributed by atoms with E-state index >= 15 is 0 Å². The van der Waals surface area contributed by atoms with Gasteiger partial charge in [0.2, 0.25) is 0 Å². The molecule has 2 heterocycles. The molecule has 1 fully saturated rings.